The second-order valence-electron chi connectivity index (χ2n) is 10.3. The summed E-state index contributed by atoms with van der Waals surface area (Å²) >= 11 is 12.9. The number of nitrogens with one attached hydrogen (secondary N) is 1. The summed E-state index contributed by atoms with van der Waals surface area (Å²) in [6.45, 7) is 0.276. The number of fused-ring (bicyclic) bond motifs is 2. The molecule has 1 N–H and O–H groups in total. The molecule has 6 rings (SSSR count). The largest absolute Gasteiger partial charge is 0.417 e. The van der Waals surface area contributed by atoms with Crippen LogP contribution in [0.4, 0.5) is 23.7 Å². The Kier molecular flexibility index (Phi) is 6.97. The second-order valence-corrected chi connectivity index (χ2v) is 11.1. The zero-order valence-electron chi connectivity index (χ0n) is 20.7. The first-order valence-electron chi connectivity index (χ1n) is 12.8. The maximum Gasteiger partial charge on any atom is 0.417 e. The molecule has 7 nitrogen and oxygen atoms in total. The molecular weight excluding hydrogens is 556 g/mol. The van der Waals surface area contributed by atoms with E-state index in [4.69, 9.17) is 32.5 Å². The minimum atomic E-state index is -4.54. The van der Waals surface area contributed by atoms with Gasteiger partial charge in [0.15, 0.2) is 0 Å². The number of carbonyl (C=O) groups excluding carboxylic acids is 1. The molecular formula is C27H25Cl2F3N4O3. The highest BCUT2D eigenvalue weighted by atomic mass is 35.5. The number of ether oxygens (including phenoxy) is 1. The molecule has 1 aliphatic carbocycles. The van der Waals surface area contributed by atoms with Gasteiger partial charge in [0.1, 0.15) is 11.5 Å². The number of rotatable bonds is 6. The number of anilines is 1. The average molecular weight is 581 g/mol. The van der Waals surface area contributed by atoms with E-state index < -0.39 is 17.8 Å². The zero-order chi connectivity index (χ0) is 27.3. The van der Waals surface area contributed by atoms with Crippen molar-refractivity contribution in [2.75, 3.05) is 5.32 Å². The van der Waals surface area contributed by atoms with E-state index in [0.29, 0.717) is 40.1 Å². The second kappa shape index (κ2) is 10.3. The minimum Gasteiger partial charge on any atom is -0.373 e. The molecule has 2 aromatic heterocycles. The van der Waals surface area contributed by atoms with Gasteiger partial charge >= 0.3 is 12.2 Å². The number of alkyl halides is 3. The van der Waals surface area contributed by atoms with Crippen LogP contribution in [-0.2, 0) is 17.5 Å². The molecule has 206 valence electrons. The van der Waals surface area contributed by atoms with Gasteiger partial charge in [-0.05, 0) is 56.7 Å². The molecule has 4 heterocycles. The van der Waals surface area contributed by atoms with Crippen molar-refractivity contribution in [3.05, 3.63) is 63.6 Å². The molecule has 12 heteroatoms. The summed E-state index contributed by atoms with van der Waals surface area (Å²) in [5, 5.41) is 7.87. The Hall–Kier alpha value is -2.82. The number of nitrogens with zero attached hydrogens (tertiary/aromatic N) is 3. The van der Waals surface area contributed by atoms with Crippen LogP contribution in [-0.4, -0.2) is 39.3 Å². The Morgan fingerprint density at radius 2 is 1.79 bits per heavy atom. The standard InChI is InChI=1S/C27H25Cl2F3N4O3/c28-21-2-1-3-22(29)23(21)24-20(25(39-35-24)14-4-5-14)13-38-19-9-17-6-7-18(10-19)36(17)26(37)34-16-8-15(11-33-12-16)27(30,31)32/h1-3,8,11-12,14,17-19H,4-7,9-10,13H2,(H,34,37)/t17-,18?,19?/m0/s1. The first-order chi connectivity index (χ1) is 18.7. The number of benzene rings is 1. The van der Waals surface area contributed by atoms with Gasteiger partial charge in [0.05, 0.1) is 40.2 Å². The number of pyridine rings is 1. The number of hydrogen-bond donors (Lipinski definition) is 1. The van der Waals surface area contributed by atoms with Crippen LogP contribution in [0.5, 0.6) is 0 Å². The number of amides is 2. The monoisotopic (exact) mass is 580 g/mol. The number of hydrogen-bond acceptors (Lipinski definition) is 5. The minimum absolute atomic E-state index is 0.0124. The van der Waals surface area contributed by atoms with Gasteiger partial charge in [-0.3, -0.25) is 4.98 Å². The van der Waals surface area contributed by atoms with E-state index in [1.165, 1.54) is 6.20 Å². The summed E-state index contributed by atoms with van der Waals surface area (Å²) in [5.41, 5.74) is 1.15. The first-order valence-corrected chi connectivity index (χ1v) is 13.6. The van der Waals surface area contributed by atoms with Gasteiger partial charge in [0.2, 0.25) is 0 Å². The fourth-order valence-electron chi connectivity index (χ4n) is 5.70. The van der Waals surface area contributed by atoms with Crippen molar-refractivity contribution in [1.29, 1.82) is 0 Å². The normalized spacial score (nSPS) is 22.8. The molecule has 1 aromatic carbocycles. The van der Waals surface area contributed by atoms with Gasteiger partial charge in [-0.15, -0.1) is 0 Å². The van der Waals surface area contributed by atoms with Crippen molar-refractivity contribution in [2.24, 2.45) is 0 Å². The van der Waals surface area contributed by atoms with Crippen molar-refractivity contribution in [1.82, 2.24) is 15.0 Å². The molecule has 3 atom stereocenters. The van der Waals surface area contributed by atoms with E-state index in [1.54, 1.807) is 23.1 Å². The average Bonchev–Trinajstić information content (AvgIpc) is 3.59. The summed E-state index contributed by atoms with van der Waals surface area (Å²) < 4.78 is 51.3. The third kappa shape index (κ3) is 5.34. The number of halogens is 5. The topological polar surface area (TPSA) is 80.5 Å². The van der Waals surface area contributed by atoms with E-state index in [2.05, 4.69) is 15.5 Å². The van der Waals surface area contributed by atoms with Crippen LogP contribution in [0.3, 0.4) is 0 Å². The van der Waals surface area contributed by atoms with E-state index in [-0.39, 0.29) is 30.5 Å². The van der Waals surface area contributed by atoms with E-state index in [0.717, 1.165) is 49.3 Å². The first kappa shape index (κ1) is 26.4. The smallest absolute Gasteiger partial charge is 0.373 e. The Balaban J connectivity index is 1.14. The maximum absolute atomic E-state index is 13.1. The molecule has 2 saturated heterocycles. The van der Waals surface area contributed by atoms with Gasteiger partial charge in [-0.1, -0.05) is 34.4 Å². The van der Waals surface area contributed by atoms with E-state index >= 15 is 0 Å². The molecule has 2 aliphatic heterocycles. The highest BCUT2D eigenvalue weighted by Gasteiger charge is 2.44. The lowest BCUT2D eigenvalue weighted by atomic mass is 9.99. The van der Waals surface area contributed by atoms with Crippen molar-refractivity contribution < 1.29 is 27.2 Å². The number of carbonyl (C=O) groups is 1. The molecule has 0 spiro atoms. The maximum atomic E-state index is 13.1. The van der Waals surface area contributed by atoms with Crippen molar-refractivity contribution in [3.8, 4) is 11.3 Å². The molecule has 2 amide bonds. The fraction of sp³-hybridized carbons (Fsp3) is 0.444. The predicted molar refractivity (Wildman–Crippen MR) is 139 cm³/mol. The van der Waals surface area contributed by atoms with Crippen molar-refractivity contribution >= 4 is 34.9 Å². The molecule has 1 saturated carbocycles. The number of urea groups is 1. The highest BCUT2D eigenvalue weighted by Crippen LogP contribution is 2.46. The van der Waals surface area contributed by atoms with E-state index in [1.807, 2.05) is 0 Å². The number of aromatic nitrogens is 2. The fourth-order valence-corrected chi connectivity index (χ4v) is 6.27. The van der Waals surface area contributed by atoms with Gasteiger partial charge in [0.25, 0.3) is 0 Å². The molecule has 3 aromatic rings. The van der Waals surface area contributed by atoms with Gasteiger partial charge in [-0.25, -0.2) is 4.79 Å². The lowest BCUT2D eigenvalue weighted by molar-refractivity contribution is -0.137. The molecule has 2 bridgehead atoms. The summed E-state index contributed by atoms with van der Waals surface area (Å²) in [5.74, 6) is 1.11. The lowest BCUT2D eigenvalue weighted by Crippen LogP contribution is -2.50. The molecule has 3 aliphatic rings. The molecule has 39 heavy (non-hydrogen) atoms. The van der Waals surface area contributed by atoms with Crippen LogP contribution in [0.1, 0.15) is 61.3 Å². The van der Waals surface area contributed by atoms with Crippen molar-refractivity contribution in [3.63, 3.8) is 0 Å². The SMILES string of the molecule is O=C(Nc1cncc(C(F)(F)F)c1)N1C2CC[C@H]1CC(OCc1c(-c3c(Cl)cccc3Cl)noc1C1CC1)C2. The number of piperidine rings is 1. The van der Waals surface area contributed by atoms with Crippen LogP contribution in [0.15, 0.2) is 41.2 Å². The molecule has 2 unspecified atom stereocenters. The molecule has 3 fully saturated rings. The third-order valence-electron chi connectivity index (χ3n) is 7.67. The summed E-state index contributed by atoms with van der Waals surface area (Å²) in [6.07, 6.45) is 2.21. The summed E-state index contributed by atoms with van der Waals surface area (Å²) in [4.78, 5) is 18.4. The van der Waals surface area contributed by atoms with Gasteiger partial charge < -0.3 is 19.5 Å². The van der Waals surface area contributed by atoms with Crippen LogP contribution in [0, 0.1) is 0 Å². The van der Waals surface area contributed by atoms with Crippen LogP contribution >= 0.6 is 23.2 Å². The van der Waals surface area contributed by atoms with Crippen LogP contribution in [0.2, 0.25) is 10.0 Å². The van der Waals surface area contributed by atoms with Crippen LogP contribution < -0.4 is 5.32 Å². The Bertz CT molecular complexity index is 1360. The van der Waals surface area contributed by atoms with Crippen molar-refractivity contribution in [2.45, 2.75) is 75.4 Å². The third-order valence-corrected chi connectivity index (χ3v) is 8.30. The Labute approximate surface area is 232 Å². The predicted octanol–water partition coefficient (Wildman–Crippen LogP) is 7.68. The molecule has 0 radical (unpaired) electrons. The highest BCUT2D eigenvalue weighted by molar-refractivity contribution is 6.39. The summed E-state index contributed by atoms with van der Waals surface area (Å²) in [6, 6.07) is 5.61. The van der Waals surface area contributed by atoms with Crippen LogP contribution in [0.25, 0.3) is 11.3 Å². The lowest BCUT2D eigenvalue weighted by Gasteiger charge is -2.38. The quantitative estimate of drug-likeness (QED) is 0.323. The van der Waals surface area contributed by atoms with Gasteiger partial charge in [0, 0.05) is 35.3 Å². The zero-order valence-corrected chi connectivity index (χ0v) is 22.2. The van der Waals surface area contributed by atoms with Gasteiger partial charge in [-0.2, -0.15) is 13.2 Å². The van der Waals surface area contributed by atoms with E-state index in [9.17, 15) is 18.0 Å². The Morgan fingerprint density at radius 1 is 1.10 bits per heavy atom. The Morgan fingerprint density at radius 3 is 2.44 bits per heavy atom. The summed E-state index contributed by atoms with van der Waals surface area (Å²) in [7, 11) is 0.